The van der Waals surface area contributed by atoms with Gasteiger partial charge in [0.2, 0.25) is 0 Å². The summed E-state index contributed by atoms with van der Waals surface area (Å²) in [6.07, 6.45) is 0.909. The van der Waals surface area contributed by atoms with E-state index in [1.807, 2.05) is 24.3 Å². The van der Waals surface area contributed by atoms with Gasteiger partial charge in [0.1, 0.15) is 23.0 Å². The Morgan fingerprint density at radius 3 is 1.33 bits per heavy atom. The van der Waals surface area contributed by atoms with Crippen LogP contribution < -0.4 is 0 Å². The Balaban J connectivity index is 1.93. The molecule has 0 aliphatic carbocycles. The van der Waals surface area contributed by atoms with Crippen LogP contribution in [0.25, 0.3) is 0 Å². The first-order chi connectivity index (χ1) is 11.5. The molecule has 0 amide bonds. The van der Waals surface area contributed by atoms with E-state index in [0.717, 1.165) is 11.1 Å². The maximum absolute atomic E-state index is 9.97. The fourth-order valence-corrected chi connectivity index (χ4v) is 2.74. The first kappa shape index (κ1) is 15.7. The quantitative estimate of drug-likeness (QED) is 0.552. The molecule has 0 aromatic heterocycles. The maximum atomic E-state index is 9.97. The van der Waals surface area contributed by atoms with Crippen molar-refractivity contribution in [1.29, 1.82) is 0 Å². The number of rotatable bonds is 4. The molecule has 3 aromatic rings. The predicted molar refractivity (Wildman–Crippen MR) is 91.6 cm³/mol. The van der Waals surface area contributed by atoms with Crippen molar-refractivity contribution >= 4 is 0 Å². The average molecular weight is 322 g/mol. The Hall–Kier alpha value is -3.14. The van der Waals surface area contributed by atoms with Gasteiger partial charge in [-0.15, -0.1) is 0 Å². The first-order valence-corrected chi connectivity index (χ1v) is 7.61. The molecule has 122 valence electrons. The summed E-state index contributed by atoms with van der Waals surface area (Å²) in [7, 11) is 0. The summed E-state index contributed by atoms with van der Waals surface area (Å²) in [6.45, 7) is 0. The number of phenols is 4. The second-order valence-electron chi connectivity index (χ2n) is 5.75. The molecule has 24 heavy (non-hydrogen) atoms. The van der Waals surface area contributed by atoms with Crippen LogP contribution >= 0.6 is 0 Å². The fraction of sp³-hybridized carbons (Fsp3) is 0.100. The molecule has 0 heterocycles. The van der Waals surface area contributed by atoms with Crippen LogP contribution in [-0.2, 0) is 12.8 Å². The van der Waals surface area contributed by atoms with Gasteiger partial charge in [-0.05, 0) is 47.5 Å². The van der Waals surface area contributed by atoms with Crippen LogP contribution in [0.2, 0.25) is 0 Å². The largest absolute Gasteiger partial charge is 0.508 e. The van der Waals surface area contributed by atoms with Crippen molar-refractivity contribution in [2.45, 2.75) is 12.8 Å². The average Bonchev–Trinajstić information content (AvgIpc) is 2.56. The molecule has 4 nitrogen and oxygen atoms in total. The number of benzene rings is 3. The molecular formula is C20H18O4. The summed E-state index contributed by atoms with van der Waals surface area (Å²) >= 11 is 0. The van der Waals surface area contributed by atoms with Crippen molar-refractivity contribution in [2.24, 2.45) is 0 Å². The summed E-state index contributed by atoms with van der Waals surface area (Å²) in [6, 6.07) is 16.6. The molecule has 0 saturated carbocycles. The van der Waals surface area contributed by atoms with Crippen LogP contribution in [0.3, 0.4) is 0 Å². The highest BCUT2D eigenvalue weighted by atomic mass is 16.3. The molecule has 4 heteroatoms. The third-order valence-corrected chi connectivity index (χ3v) is 4.01. The lowest BCUT2D eigenvalue weighted by molar-refractivity contribution is 0.454. The van der Waals surface area contributed by atoms with Crippen LogP contribution in [0.15, 0.2) is 60.7 Å². The second kappa shape index (κ2) is 6.54. The lowest BCUT2D eigenvalue weighted by atomic mass is 9.94. The predicted octanol–water partition coefficient (Wildman–Crippen LogP) is 3.69. The number of phenolic OH excluding ortho intramolecular Hbond substituents is 4. The number of aromatic hydroxyl groups is 4. The van der Waals surface area contributed by atoms with Gasteiger partial charge in [-0.3, -0.25) is 0 Å². The lowest BCUT2D eigenvalue weighted by Crippen LogP contribution is -1.98. The fourth-order valence-electron chi connectivity index (χ4n) is 2.74. The second-order valence-corrected chi connectivity index (χ2v) is 5.75. The monoisotopic (exact) mass is 322 g/mol. The number of hydrogen-bond donors (Lipinski definition) is 4. The van der Waals surface area contributed by atoms with Crippen molar-refractivity contribution in [2.75, 3.05) is 0 Å². The highest BCUT2D eigenvalue weighted by Crippen LogP contribution is 2.29. The summed E-state index contributed by atoms with van der Waals surface area (Å²) in [5, 5.41) is 39.2. The van der Waals surface area contributed by atoms with Gasteiger partial charge in [-0.1, -0.05) is 24.3 Å². The smallest absolute Gasteiger partial charge is 0.119 e. The summed E-state index contributed by atoms with van der Waals surface area (Å²) in [5.74, 6) is 0.461. The molecule has 4 N–H and O–H groups in total. The molecule has 0 radical (unpaired) electrons. The van der Waals surface area contributed by atoms with Gasteiger partial charge in [-0.2, -0.15) is 0 Å². The van der Waals surface area contributed by atoms with E-state index in [1.54, 1.807) is 0 Å². The molecule has 0 aliphatic rings. The third kappa shape index (κ3) is 3.43. The SMILES string of the molecule is Oc1ccc(O)c(Cc2ccccc2Cc2cc(O)ccc2O)c1. The van der Waals surface area contributed by atoms with Crippen molar-refractivity contribution in [1.82, 2.24) is 0 Å². The van der Waals surface area contributed by atoms with Crippen LogP contribution in [0.1, 0.15) is 22.3 Å². The van der Waals surface area contributed by atoms with E-state index in [1.165, 1.54) is 36.4 Å². The van der Waals surface area contributed by atoms with Crippen LogP contribution in [0, 0.1) is 0 Å². The number of hydrogen-bond acceptors (Lipinski definition) is 4. The van der Waals surface area contributed by atoms with E-state index in [-0.39, 0.29) is 23.0 Å². The van der Waals surface area contributed by atoms with E-state index in [0.29, 0.717) is 24.0 Å². The summed E-state index contributed by atoms with van der Waals surface area (Å²) in [4.78, 5) is 0. The van der Waals surface area contributed by atoms with Crippen LogP contribution in [-0.4, -0.2) is 20.4 Å². The Kier molecular flexibility index (Phi) is 4.29. The van der Waals surface area contributed by atoms with Gasteiger partial charge < -0.3 is 20.4 Å². The van der Waals surface area contributed by atoms with Crippen molar-refractivity contribution in [3.05, 3.63) is 82.9 Å². The summed E-state index contributed by atoms with van der Waals surface area (Å²) in [5.41, 5.74) is 3.20. The molecule has 0 spiro atoms. The van der Waals surface area contributed by atoms with E-state index in [2.05, 4.69) is 0 Å². The Bertz CT molecular complexity index is 799. The van der Waals surface area contributed by atoms with E-state index < -0.39 is 0 Å². The molecule has 0 bridgehead atoms. The lowest BCUT2D eigenvalue weighted by Gasteiger charge is -2.12. The molecule has 0 unspecified atom stereocenters. The highest BCUT2D eigenvalue weighted by Gasteiger charge is 2.10. The highest BCUT2D eigenvalue weighted by molar-refractivity contribution is 5.46. The van der Waals surface area contributed by atoms with Crippen molar-refractivity contribution in [3.8, 4) is 23.0 Å². The zero-order chi connectivity index (χ0) is 17.1. The van der Waals surface area contributed by atoms with Gasteiger partial charge in [0, 0.05) is 24.0 Å². The van der Waals surface area contributed by atoms with E-state index >= 15 is 0 Å². The van der Waals surface area contributed by atoms with Gasteiger partial charge in [0.15, 0.2) is 0 Å². The normalized spacial score (nSPS) is 10.7. The van der Waals surface area contributed by atoms with Gasteiger partial charge in [0.05, 0.1) is 0 Å². The summed E-state index contributed by atoms with van der Waals surface area (Å²) < 4.78 is 0. The molecule has 0 atom stereocenters. The standard InChI is InChI=1S/C20H18O4/c21-17-5-7-19(23)15(11-17)9-13-3-1-2-4-14(13)10-16-12-18(22)6-8-20(16)24/h1-8,11-12,21-24H,9-10H2. The Labute approximate surface area is 139 Å². The Morgan fingerprint density at radius 2 is 0.917 bits per heavy atom. The maximum Gasteiger partial charge on any atom is 0.119 e. The molecular weight excluding hydrogens is 304 g/mol. The molecule has 3 aromatic carbocycles. The van der Waals surface area contributed by atoms with Crippen molar-refractivity contribution < 1.29 is 20.4 Å². The van der Waals surface area contributed by atoms with E-state index in [9.17, 15) is 20.4 Å². The van der Waals surface area contributed by atoms with Gasteiger partial charge >= 0.3 is 0 Å². The van der Waals surface area contributed by atoms with Gasteiger partial charge in [-0.25, -0.2) is 0 Å². The van der Waals surface area contributed by atoms with Crippen LogP contribution in [0.4, 0.5) is 0 Å². The molecule has 0 fully saturated rings. The van der Waals surface area contributed by atoms with E-state index in [4.69, 9.17) is 0 Å². The minimum absolute atomic E-state index is 0.103. The topological polar surface area (TPSA) is 80.9 Å². The molecule has 0 aliphatic heterocycles. The van der Waals surface area contributed by atoms with Crippen molar-refractivity contribution in [3.63, 3.8) is 0 Å². The first-order valence-electron chi connectivity index (χ1n) is 7.61. The molecule has 3 rings (SSSR count). The zero-order valence-electron chi connectivity index (χ0n) is 13.0. The third-order valence-electron chi connectivity index (χ3n) is 4.01. The Morgan fingerprint density at radius 1 is 0.500 bits per heavy atom. The minimum atomic E-state index is 0.103. The van der Waals surface area contributed by atoms with Gasteiger partial charge in [0.25, 0.3) is 0 Å². The minimum Gasteiger partial charge on any atom is -0.508 e. The van der Waals surface area contributed by atoms with Crippen LogP contribution in [0.5, 0.6) is 23.0 Å². The molecule has 0 saturated heterocycles. The zero-order valence-corrected chi connectivity index (χ0v) is 13.0.